The molecular formula is C13H15F2NO5. The zero-order chi connectivity index (χ0) is 16.2. The van der Waals surface area contributed by atoms with E-state index in [1.165, 1.54) is 0 Å². The quantitative estimate of drug-likeness (QED) is 0.362. The van der Waals surface area contributed by atoms with E-state index in [1.54, 1.807) is 20.8 Å². The second-order valence-electron chi connectivity index (χ2n) is 5.11. The van der Waals surface area contributed by atoms with Gasteiger partial charge in [0.2, 0.25) is 5.82 Å². The van der Waals surface area contributed by atoms with Crippen molar-refractivity contribution in [2.24, 2.45) is 0 Å². The monoisotopic (exact) mass is 303 g/mol. The summed E-state index contributed by atoms with van der Waals surface area (Å²) in [6.45, 7) is 5.17. The predicted molar refractivity (Wildman–Crippen MR) is 69.0 cm³/mol. The van der Waals surface area contributed by atoms with Crippen LogP contribution in [0.15, 0.2) is 12.1 Å². The van der Waals surface area contributed by atoms with Crippen LogP contribution in [0.5, 0.6) is 0 Å². The molecule has 0 N–H and O–H groups in total. The molecule has 8 heteroatoms. The standard InChI is InChI=1S/C13H15F2NO5/c1-13(2,3)21-7-6-20-12(17)10-8(14)4-5-9(11(10)15)16(18)19/h4-5H,6-7H2,1-3H3. The van der Waals surface area contributed by atoms with Gasteiger partial charge in [-0.3, -0.25) is 10.1 Å². The molecule has 0 radical (unpaired) electrons. The number of ether oxygens (including phenoxy) is 2. The molecule has 0 heterocycles. The van der Waals surface area contributed by atoms with Gasteiger partial charge in [-0.2, -0.15) is 4.39 Å². The Bertz CT molecular complexity index is 554. The highest BCUT2D eigenvalue weighted by Gasteiger charge is 2.27. The van der Waals surface area contributed by atoms with E-state index in [0.717, 1.165) is 0 Å². The van der Waals surface area contributed by atoms with Gasteiger partial charge in [0.1, 0.15) is 18.0 Å². The van der Waals surface area contributed by atoms with Crippen molar-refractivity contribution < 1.29 is 28.0 Å². The SMILES string of the molecule is CC(C)(C)OCCOC(=O)c1c(F)ccc([N+](=O)[O-])c1F. The van der Waals surface area contributed by atoms with E-state index in [-0.39, 0.29) is 13.2 Å². The molecule has 0 amide bonds. The van der Waals surface area contributed by atoms with Gasteiger partial charge in [0.15, 0.2) is 0 Å². The Hall–Kier alpha value is -2.09. The molecule has 0 bridgehead atoms. The van der Waals surface area contributed by atoms with Crippen LogP contribution in [-0.2, 0) is 9.47 Å². The minimum absolute atomic E-state index is 0.0351. The second kappa shape index (κ2) is 6.57. The summed E-state index contributed by atoms with van der Waals surface area (Å²) in [6.07, 6.45) is 0. The van der Waals surface area contributed by atoms with E-state index in [0.29, 0.717) is 12.1 Å². The maximum absolute atomic E-state index is 13.7. The molecule has 0 saturated heterocycles. The van der Waals surface area contributed by atoms with Crippen molar-refractivity contribution in [3.05, 3.63) is 39.4 Å². The molecule has 1 aromatic rings. The van der Waals surface area contributed by atoms with Gasteiger partial charge in [-0.1, -0.05) is 0 Å². The third kappa shape index (κ3) is 4.75. The Morgan fingerprint density at radius 1 is 1.29 bits per heavy atom. The van der Waals surface area contributed by atoms with Gasteiger partial charge in [-0.15, -0.1) is 0 Å². The van der Waals surface area contributed by atoms with Crippen molar-refractivity contribution in [2.75, 3.05) is 13.2 Å². The summed E-state index contributed by atoms with van der Waals surface area (Å²) in [7, 11) is 0. The topological polar surface area (TPSA) is 78.7 Å². The van der Waals surface area contributed by atoms with Crippen molar-refractivity contribution in [2.45, 2.75) is 26.4 Å². The number of carbonyl (C=O) groups excluding carboxylic acids is 1. The number of hydrogen-bond donors (Lipinski definition) is 0. The van der Waals surface area contributed by atoms with Crippen molar-refractivity contribution in [1.82, 2.24) is 0 Å². The summed E-state index contributed by atoms with van der Waals surface area (Å²) in [5.74, 6) is -4.09. The summed E-state index contributed by atoms with van der Waals surface area (Å²) in [5.41, 5.74) is -2.52. The average Bonchev–Trinajstić information content (AvgIpc) is 2.33. The summed E-state index contributed by atoms with van der Waals surface area (Å²) in [6, 6.07) is 1.29. The molecule has 0 aliphatic rings. The Morgan fingerprint density at radius 3 is 2.43 bits per heavy atom. The van der Waals surface area contributed by atoms with Gasteiger partial charge < -0.3 is 9.47 Å². The molecule has 0 aliphatic carbocycles. The van der Waals surface area contributed by atoms with Gasteiger partial charge in [0.25, 0.3) is 0 Å². The van der Waals surface area contributed by atoms with Crippen LogP contribution >= 0.6 is 0 Å². The summed E-state index contributed by atoms with van der Waals surface area (Å²) < 4.78 is 37.1. The first-order chi connectivity index (χ1) is 9.63. The van der Waals surface area contributed by atoms with Crippen LogP contribution in [0.3, 0.4) is 0 Å². The second-order valence-corrected chi connectivity index (χ2v) is 5.11. The average molecular weight is 303 g/mol. The van der Waals surface area contributed by atoms with E-state index in [9.17, 15) is 23.7 Å². The Kier molecular flexibility index (Phi) is 5.31. The van der Waals surface area contributed by atoms with Gasteiger partial charge in [0.05, 0.1) is 17.1 Å². The molecule has 1 aromatic carbocycles. The van der Waals surface area contributed by atoms with Crippen molar-refractivity contribution in [1.29, 1.82) is 0 Å². The van der Waals surface area contributed by atoms with E-state index in [1.807, 2.05) is 0 Å². The molecule has 0 saturated carbocycles. The summed E-state index contributed by atoms with van der Waals surface area (Å²) >= 11 is 0. The highest BCUT2D eigenvalue weighted by Crippen LogP contribution is 2.23. The molecule has 1 rings (SSSR count). The highest BCUT2D eigenvalue weighted by molar-refractivity contribution is 5.90. The number of carbonyl (C=O) groups is 1. The number of rotatable bonds is 5. The fourth-order valence-electron chi connectivity index (χ4n) is 1.42. The van der Waals surface area contributed by atoms with Crippen LogP contribution < -0.4 is 0 Å². The number of nitro groups is 1. The molecular weight excluding hydrogens is 288 g/mol. The van der Waals surface area contributed by atoms with Gasteiger partial charge in [0, 0.05) is 6.07 Å². The van der Waals surface area contributed by atoms with Crippen LogP contribution in [0.25, 0.3) is 0 Å². The van der Waals surface area contributed by atoms with Gasteiger partial charge in [-0.05, 0) is 26.8 Å². The maximum Gasteiger partial charge on any atom is 0.344 e. The number of halogens is 2. The number of esters is 1. The lowest BCUT2D eigenvalue weighted by atomic mass is 10.1. The Balaban J connectivity index is 2.79. The fourth-order valence-corrected chi connectivity index (χ4v) is 1.42. The summed E-state index contributed by atoms with van der Waals surface area (Å²) in [5, 5.41) is 10.5. The fraction of sp³-hybridized carbons (Fsp3) is 0.462. The lowest BCUT2D eigenvalue weighted by molar-refractivity contribution is -0.387. The Labute approximate surface area is 119 Å². The van der Waals surface area contributed by atoms with Crippen molar-refractivity contribution in [3.8, 4) is 0 Å². The smallest absolute Gasteiger partial charge is 0.344 e. The predicted octanol–water partition coefficient (Wildman–Crippen LogP) is 2.84. The van der Waals surface area contributed by atoms with Crippen LogP contribution in [0.4, 0.5) is 14.5 Å². The number of hydrogen-bond acceptors (Lipinski definition) is 5. The van der Waals surface area contributed by atoms with Gasteiger partial charge in [-0.25, -0.2) is 9.18 Å². The minimum atomic E-state index is -1.55. The molecule has 0 unspecified atom stereocenters. The molecule has 0 aromatic heterocycles. The van der Waals surface area contributed by atoms with E-state index >= 15 is 0 Å². The molecule has 21 heavy (non-hydrogen) atoms. The van der Waals surface area contributed by atoms with Crippen molar-refractivity contribution in [3.63, 3.8) is 0 Å². The van der Waals surface area contributed by atoms with Crippen LogP contribution in [0, 0.1) is 21.7 Å². The normalized spacial score (nSPS) is 11.3. The molecule has 0 spiro atoms. The first-order valence-corrected chi connectivity index (χ1v) is 6.07. The molecule has 116 valence electrons. The Morgan fingerprint density at radius 2 is 1.90 bits per heavy atom. The van der Waals surface area contributed by atoms with E-state index < -0.39 is 39.4 Å². The highest BCUT2D eigenvalue weighted by atomic mass is 19.1. The summed E-state index contributed by atoms with van der Waals surface area (Å²) in [4.78, 5) is 21.1. The van der Waals surface area contributed by atoms with Crippen LogP contribution in [0.2, 0.25) is 0 Å². The van der Waals surface area contributed by atoms with Crippen LogP contribution in [0.1, 0.15) is 31.1 Å². The number of nitrogens with zero attached hydrogens (tertiary/aromatic N) is 1. The first-order valence-electron chi connectivity index (χ1n) is 6.07. The third-order valence-electron chi connectivity index (χ3n) is 2.32. The third-order valence-corrected chi connectivity index (χ3v) is 2.32. The van der Waals surface area contributed by atoms with Gasteiger partial charge >= 0.3 is 11.7 Å². The minimum Gasteiger partial charge on any atom is -0.459 e. The first kappa shape index (κ1) is 17.0. The lowest BCUT2D eigenvalue weighted by Crippen LogP contribution is -2.23. The van der Waals surface area contributed by atoms with Crippen LogP contribution in [-0.4, -0.2) is 29.7 Å². The lowest BCUT2D eigenvalue weighted by Gasteiger charge is -2.19. The largest absolute Gasteiger partial charge is 0.459 e. The van der Waals surface area contributed by atoms with E-state index in [2.05, 4.69) is 4.74 Å². The number of benzene rings is 1. The zero-order valence-corrected chi connectivity index (χ0v) is 11.8. The van der Waals surface area contributed by atoms with Crippen molar-refractivity contribution >= 4 is 11.7 Å². The molecule has 6 nitrogen and oxygen atoms in total. The zero-order valence-electron chi connectivity index (χ0n) is 11.8. The molecule has 0 fully saturated rings. The van der Waals surface area contributed by atoms with E-state index in [4.69, 9.17) is 4.74 Å². The molecule has 0 aliphatic heterocycles. The molecule has 0 atom stereocenters. The maximum atomic E-state index is 13.7. The number of nitro benzene ring substituents is 1.